The first-order valence-corrected chi connectivity index (χ1v) is 11.2. The van der Waals surface area contributed by atoms with Crippen molar-refractivity contribution >= 4 is 40.6 Å². The third kappa shape index (κ3) is 6.96. The second-order valence-electron chi connectivity index (χ2n) is 8.64. The molecule has 0 atom stereocenters. The van der Waals surface area contributed by atoms with E-state index in [1.165, 1.54) is 47.7 Å². The minimum absolute atomic E-state index is 0. The van der Waals surface area contributed by atoms with Crippen LogP contribution in [0.1, 0.15) is 25.0 Å². The molecule has 1 aliphatic rings. The molecule has 0 unspecified atom stereocenters. The van der Waals surface area contributed by atoms with Gasteiger partial charge >= 0.3 is 0 Å². The fraction of sp³-hybridized carbons (Fsp3) is 0.214. The van der Waals surface area contributed by atoms with E-state index < -0.39 is 0 Å². The van der Waals surface area contributed by atoms with Crippen LogP contribution in [0.15, 0.2) is 78.6 Å². The van der Waals surface area contributed by atoms with Gasteiger partial charge in [-0.3, -0.25) is 4.79 Å². The van der Waals surface area contributed by atoms with Gasteiger partial charge in [-0.1, -0.05) is 58.7 Å². The number of para-hydroxylation sites is 1. The maximum Gasteiger partial charge on any atom is 0.212 e. The predicted octanol–water partition coefficient (Wildman–Crippen LogP) is 4.42. The number of carbonyl (C=O) groups is 1. The first-order chi connectivity index (χ1) is 16.2. The second kappa shape index (κ2) is 12.6. The number of fused-ring (bicyclic) bond motifs is 1. The molecule has 1 aliphatic heterocycles. The smallest absolute Gasteiger partial charge is 0.212 e. The molecular weight excluding hydrogens is 616 g/mol. The molecule has 0 radical (unpaired) electrons. The zero-order chi connectivity index (χ0) is 24.8. The molecule has 5 nitrogen and oxygen atoms in total. The Morgan fingerprint density at radius 2 is 1.69 bits per heavy atom. The third-order valence-electron chi connectivity index (χ3n) is 5.58. The topological polar surface area (TPSA) is 56.7 Å². The van der Waals surface area contributed by atoms with E-state index >= 15 is 0 Å². The Hall–Kier alpha value is -3.11. The summed E-state index contributed by atoms with van der Waals surface area (Å²) in [4.78, 5) is 18.7. The van der Waals surface area contributed by atoms with Crippen LogP contribution in [-0.4, -0.2) is 36.7 Å². The van der Waals surface area contributed by atoms with Crippen molar-refractivity contribution in [2.45, 2.75) is 27.7 Å². The number of ketones is 1. The van der Waals surface area contributed by atoms with E-state index in [1.807, 2.05) is 29.3 Å². The normalized spacial score (nSPS) is 12.2. The summed E-state index contributed by atoms with van der Waals surface area (Å²) >= 11 is 0. The van der Waals surface area contributed by atoms with Crippen molar-refractivity contribution < 1.29 is 31.0 Å². The number of aromatic nitrogens is 1. The van der Waals surface area contributed by atoms with E-state index in [2.05, 4.69) is 86.4 Å². The van der Waals surface area contributed by atoms with E-state index in [4.69, 9.17) is 5.11 Å². The van der Waals surface area contributed by atoms with Crippen LogP contribution in [0.4, 0.5) is 17.2 Å². The number of aliphatic hydroxyl groups excluding tert-OH is 1. The van der Waals surface area contributed by atoms with Gasteiger partial charge in [-0.05, 0) is 45.9 Å². The number of anilines is 3. The van der Waals surface area contributed by atoms with Gasteiger partial charge in [-0.15, -0.1) is 17.6 Å². The van der Waals surface area contributed by atoms with Gasteiger partial charge in [-0.2, -0.15) is 0 Å². The van der Waals surface area contributed by atoms with Crippen molar-refractivity contribution in [3.8, 4) is 0 Å². The molecule has 0 aliphatic carbocycles. The molecule has 0 bridgehead atoms. The second-order valence-corrected chi connectivity index (χ2v) is 8.64. The van der Waals surface area contributed by atoms with Gasteiger partial charge in [-0.25, -0.2) is 0 Å². The molecule has 1 aromatic heterocycles. The summed E-state index contributed by atoms with van der Waals surface area (Å²) in [6.45, 7) is 7.45. The number of pyridine rings is 1. The third-order valence-corrected chi connectivity index (χ3v) is 5.58. The van der Waals surface area contributed by atoms with Crippen LogP contribution in [0.25, 0.3) is 0 Å². The zero-order valence-electron chi connectivity index (χ0n) is 21.0. The van der Waals surface area contributed by atoms with E-state index in [1.54, 1.807) is 0 Å². The number of hydrogen-bond donors (Lipinski definition) is 1. The van der Waals surface area contributed by atoms with E-state index in [9.17, 15) is 4.79 Å². The van der Waals surface area contributed by atoms with Crippen molar-refractivity contribution in [2.24, 2.45) is 0 Å². The number of rotatable bonds is 4. The van der Waals surface area contributed by atoms with Crippen LogP contribution in [0.5, 0.6) is 0 Å². The van der Waals surface area contributed by atoms with Crippen LogP contribution in [0, 0.1) is 20.0 Å². The monoisotopic (exact) mass is 647 g/mol. The van der Waals surface area contributed by atoms with E-state index in [-0.39, 0.29) is 39.3 Å². The molecule has 0 spiro atoms. The van der Waals surface area contributed by atoms with Crippen molar-refractivity contribution in [3.05, 3.63) is 95.9 Å². The van der Waals surface area contributed by atoms with Crippen LogP contribution in [0.2, 0.25) is 0 Å². The van der Waals surface area contributed by atoms with E-state index in [0.717, 1.165) is 11.5 Å². The Kier molecular flexibility index (Phi) is 10.1. The van der Waals surface area contributed by atoms with Gasteiger partial charge in [0.05, 0.1) is 5.76 Å². The minimum Gasteiger partial charge on any atom is -0.512 e. The van der Waals surface area contributed by atoms with Crippen LogP contribution < -0.4 is 20.7 Å². The largest absolute Gasteiger partial charge is 0.512 e. The number of carbonyl (C=O) groups excluding carboxylic acids is 1. The summed E-state index contributed by atoms with van der Waals surface area (Å²) in [6, 6.07) is 19.0. The minimum atomic E-state index is -0.125. The number of aryl methyl sites for hydroxylation is 2. The van der Waals surface area contributed by atoms with Gasteiger partial charge < -0.3 is 19.9 Å². The standard InChI is InChI=1S/C23H23BN3.C5H8O2.Pt/c1-17-15-19(26(3)4)16-18(2)23(17)24-12-14-27(22-11-7-8-13-25-22)21-10-6-5-9-20(21)24;1-4(6)3-5(2)7;/h5-13,15-16H,1-4H3;3,6H,1-2H3;/q-1;;/b;4-3-;. The molecular formula is C28H31BN3O2Pt-. The Bertz CT molecular complexity index is 1200. The van der Waals surface area contributed by atoms with Gasteiger partial charge in [0.25, 0.3) is 0 Å². The fourth-order valence-corrected chi connectivity index (χ4v) is 4.17. The number of hydrogen-bond acceptors (Lipinski definition) is 5. The molecule has 184 valence electrons. The number of benzene rings is 2. The van der Waals surface area contributed by atoms with E-state index in [0.29, 0.717) is 0 Å². The quantitative estimate of drug-likeness (QED) is 0.197. The van der Waals surface area contributed by atoms with Crippen molar-refractivity contribution in [1.82, 2.24) is 4.98 Å². The molecule has 7 heteroatoms. The molecule has 0 fully saturated rings. The van der Waals surface area contributed by atoms with Crippen molar-refractivity contribution in [3.63, 3.8) is 0 Å². The Labute approximate surface area is 223 Å². The average molecular weight is 647 g/mol. The van der Waals surface area contributed by atoms with Crippen LogP contribution >= 0.6 is 0 Å². The van der Waals surface area contributed by atoms with Crippen LogP contribution in [-0.2, 0) is 25.9 Å². The molecule has 2 heterocycles. The average Bonchev–Trinajstić information content (AvgIpc) is 2.78. The summed E-state index contributed by atoms with van der Waals surface area (Å²) in [6.07, 6.45) is 6.45. The summed E-state index contributed by atoms with van der Waals surface area (Å²) in [5, 5.41) is 8.36. The van der Waals surface area contributed by atoms with Gasteiger partial charge in [0.1, 0.15) is 0 Å². The summed E-state index contributed by atoms with van der Waals surface area (Å²) in [5.74, 6) is 2.99. The Balaban J connectivity index is 0.000000476. The molecule has 35 heavy (non-hydrogen) atoms. The first-order valence-electron chi connectivity index (χ1n) is 11.2. The van der Waals surface area contributed by atoms with Gasteiger partial charge in [0.2, 0.25) is 6.71 Å². The van der Waals surface area contributed by atoms with Crippen molar-refractivity contribution in [2.75, 3.05) is 23.9 Å². The molecule has 1 N–H and O–H groups in total. The maximum atomic E-state index is 10.0. The molecule has 3 aromatic rings. The Morgan fingerprint density at radius 1 is 1.06 bits per heavy atom. The molecule has 0 saturated heterocycles. The summed E-state index contributed by atoms with van der Waals surface area (Å²) in [7, 11) is 4.17. The Morgan fingerprint density at radius 3 is 2.20 bits per heavy atom. The maximum absolute atomic E-state index is 10.0. The fourth-order valence-electron chi connectivity index (χ4n) is 4.17. The summed E-state index contributed by atoms with van der Waals surface area (Å²) in [5.41, 5.74) is 7.64. The number of allylic oxidation sites excluding steroid dienone is 2. The molecule has 0 saturated carbocycles. The summed E-state index contributed by atoms with van der Waals surface area (Å²) < 4.78 is 0. The SMILES string of the molecule is CC(=O)/C=C(/C)O.Cc1cc(N(C)C)cc(C)c1B1C=[C-]N(c2ccccn2)c2ccccc21.[Pt]. The van der Waals surface area contributed by atoms with Crippen molar-refractivity contribution in [1.29, 1.82) is 0 Å². The van der Waals surface area contributed by atoms with Gasteiger partial charge in [0, 0.05) is 58.9 Å². The predicted molar refractivity (Wildman–Crippen MR) is 143 cm³/mol. The molecule has 2 aromatic carbocycles. The molecule has 4 rings (SSSR count). The number of nitrogens with zero attached hydrogens (tertiary/aromatic N) is 3. The van der Waals surface area contributed by atoms with Gasteiger partial charge in [0.15, 0.2) is 5.78 Å². The molecule has 0 amide bonds. The van der Waals surface area contributed by atoms with Crippen LogP contribution in [0.3, 0.4) is 0 Å². The number of aliphatic hydroxyl groups is 1. The zero-order valence-corrected chi connectivity index (χ0v) is 23.3. The first kappa shape index (κ1) is 28.1.